The standard InChI is InChI=1S/C23H42N4O3/c1-22(2,3)24-20(29)17-11-8-16-27(17)21(30)18-12-9-15-26(18)19(28)13-10-14-25(7)23(4,5)6/h17-18H,8-16H2,1-7H3,(H,24,29). The topological polar surface area (TPSA) is 73.0 Å². The predicted molar refractivity (Wildman–Crippen MR) is 119 cm³/mol. The maximum absolute atomic E-state index is 13.3. The average molecular weight is 423 g/mol. The molecule has 2 aliphatic rings. The molecule has 172 valence electrons. The second-order valence-electron chi connectivity index (χ2n) is 10.9. The molecule has 1 N–H and O–H groups in total. The minimum absolute atomic E-state index is 0.0563. The van der Waals surface area contributed by atoms with E-state index in [2.05, 4.69) is 38.0 Å². The summed E-state index contributed by atoms with van der Waals surface area (Å²) in [6.07, 6.45) is 4.29. The molecule has 0 aliphatic carbocycles. The van der Waals surface area contributed by atoms with Crippen LogP contribution in [0.25, 0.3) is 0 Å². The van der Waals surface area contributed by atoms with E-state index in [9.17, 15) is 14.4 Å². The van der Waals surface area contributed by atoms with E-state index in [0.717, 1.165) is 25.8 Å². The molecule has 2 fully saturated rings. The number of nitrogens with zero attached hydrogens (tertiary/aromatic N) is 3. The van der Waals surface area contributed by atoms with Crippen molar-refractivity contribution in [3.8, 4) is 0 Å². The van der Waals surface area contributed by atoms with Crippen LogP contribution in [0, 0.1) is 0 Å². The van der Waals surface area contributed by atoms with Crippen LogP contribution < -0.4 is 5.32 Å². The zero-order valence-electron chi connectivity index (χ0n) is 20.1. The third-order valence-electron chi connectivity index (χ3n) is 6.22. The Morgan fingerprint density at radius 3 is 2.07 bits per heavy atom. The lowest BCUT2D eigenvalue weighted by molar-refractivity contribution is -0.146. The van der Waals surface area contributed by atoms with E-state index >= 15 is 0 Å². The van der Waals surface area contributed by atoms with E-state index in [0.29, 0.717) is 32.4 Å². The third kappa shape index (κ3) is 6.43. The first-order valence-electron chi connectivity index (χ1n) is 11.4. The van der Waals surface area contributed by atoms with Gasteiger partial charge in [-0.2, -0.15) is 0 Å². The molecular weight excluding hydrogens is 380 g/mol. The lowest BCUT2D eigenvalue weighted by atomic mass is 10.1. The average Bonchev–Trinajstić information content (AvgIpc) is 3.28. The molecule has 0 aromatic carbocycles. The Labute approximate surface area is 182 Å². The summed E-state index contributed by atoms with van der Waals surface area (Å²) in [5.74, 6) is -0.0864. The Kier molecular flexibility index (Phi) is 7.94. The number of carbonyl (C=O) groups excluding carboxylic acids is 3. The molecule has 30 heavy (non-hydrogen) atoms. The van der Waals surface area contributed by atoms with Gasteiger partial charge >= 0.3 is 0 Å². The van der Waals surface area contributed by atoms with Crippen LogP contribution in [0.3, 0.4) is 0 Å². The summed E-state index contributed by atoms with van der Waals surface area (Å²) in [6.45, 7) is 14.4. The zero-order valence-corrected chi connectivity index (χ0v) is 20.1. The van der Waals surface area contributed by atoms with Crippen molar-refractivity contribution in [3.63, 3.8) is 0 Å². The maximum Gasteiger partial charge on any atom is 0.246 e. The van der Waals surface area contributed by atoms with Gasteiger partial charge in [0.15, 0.2) is 0 Å². The first-order chi connectivity index (χ1) is 13.8. The summed E-state index contributed by atoms with van der Waals surface area (Å²) in [4.78, 5) is 44.6. The SMILES string of the molecule is CN(CCCC(=O)N1CCCC1C(=O)N1CCCC1C(=O)NC(C)(C)C)C(C)(C)C. The van der Waals surface area contributed by atoms with Crippen molar-refractivity contribution in [1.29, 1.82) is 0 Å². The molecule has 0 saturated carbocycles. The number of nitrogens with one attached hydrogen (secondary N) is 1. The highest BCUT2D eigenvalue weighted by Gasteiger charge is 2.42. The molecule has 2 aliphatic heterocycles. The van der Waals surface area contributed by atoms with Gasteiger partial charge in [-0.3, -0.25) is 14.4 Å². The highest BCUT2D eigenvalue weighted by Crippen LogP contribution is 2.26. The molecule has 7 nitrogen and oxygen atoms in total. The number of rotatable bonds is 6. The van der Waals surface area contributed by atoms with Crippen LogP contribution in [0.15, 0.2) is 0 Å². The van der Waals surface area contributed by atoms with E-state index < -0.39 is 12.1 Å². The second-order valence-corrected chi connectivity index (χ2v) is 10.9. The van der Waals surface area contributed by atoms with Crippen LogP contribution in [-0.2, 0) is 14.4 Å². The number of hydrogen-bond acceptors (Lipinski definition) is 4. The zero-order chi connectivity index (χ0) is 22.7. The van der Waals surface area contributed by atoms with E-state index in [4.69, 9.17) is 0 Å². The van der Waals surface area contributed by atoms with Crippen LogP contribution in [0.2, 0.25) is 0 Å². The minimum Gasteiger partial charge on any atom is -0.350 e. The molecule has 2 unspecified atom stereocenters. The summed E-state index contributed by atoms with van der Waals surface area (Å²) in [5, 5.41) is 3.00. The van der Waals surface area contributed by atoms with E-state index in [1.807, 2.05) is 20.8 Å². The fourth-order valence-electron chi connectivity index (χ4n) is 4.22. The van der Waals surface area contributed by atoms with Gasteiger partial charge in [0.1, 0.15) is 12.1 Å². The minimum atomic E-state index is -0.422. The molecule has 0 spiro atoms. The second kappa shape index (κ2) is 9.67. The molecule has 3 amide bonds. The predicted octanol–water partition coefficient (Wildman–Crippen LogP) is 2.39. The van der Waals surface area contributed by atoms with Crippen molar-refractivity contribution in [3.05, 3.63) is 0 Å². The van der Waals surface area contributed by atoms with Crippen molar-refractivity contribution in [2.45, 2.75) is 103 Å². The van der Waals surface area contributed by atoms with Gasteiger partial charge in [-0.05, 0) is 87.2 Å². The third-order valence-corrected chi connectivity index (χ3v) is 6.22. The van der Waals surface area contributed by atoms with Gasteiger partial charge < -0.3 is 20.0 Å². The Balaban J connectivity index is 1.96. The maximum atomic E-state index is 13.3. The monoisotopic (exact) mass is 422 g/mol. The van der Waals surface area contributed by atoms with Crippen LogP contribution in [0.1, 0.15) is 80.1 Å². The van der Waals surface area contributed by atoms with Gasteiger partial charge in [0, 0.05) is 30.6 Å². The molecule has 0 bridgehead atoms. The van der Waals surface area contributed by atoms with Gasteiger partial charge in [-0.1, -0.05) is 0 Å². The molecular formula is C23H42N4O3. The molecule has 2 heterocycles. The Bertz CT molecular complexity index is 635. The number of hydrogen-bond donors (Lipinski definition) is 1. The number of amides is 3. The first kappa shape index (κ1) is 24.6. The Morgan fingerprint density at radius 1 is 0.933 bits per heavy atom. The molecule has 2 saturated heterocycles. The fourth-order valence-corrected chi connectivity index (χ4v) is 4.22. The van der Waals surface area contributed by atoms with Gasteiger partial charge in [0.25, 0.3) is 0 Å². The van der Waals surface area contributed by atoms with E-state index in [-0.39, 0.29) is 28.8 Å². The van der Waals surface area contributed by atoms with E-state index in [1.165, 1.54) is 0 Å². The first-order valence-corrected chi connectivity index (χ1v) is 11.4. The van der Waals surface area contributed by atoms with Crippen LogP contribution >= 0.6 is 0 Å². The molecule has 0 aromatic heterocycles. The van der Waals surface area contributed by atoms with E-state index in [1.54, 1.807) is 9.80 Å². The fraction of sp³-hybridized carbons (Fsp3) is 0.870. The molecule has 2 rings (SSSR count). The summed E-state index contributed by atoms with van der Waals surface area (Å²) in [7, 11) is 2.07. The van der Waals surface area contributed by atoms with Gasteiger partial charge in [-0.25, -0.2) is 0 Å². The lowest BCUT2D eigenvalue weighted by Gasteiger charge is -2.33. The summed E-state index contributed by atoms with van der Waals surface area (Å²) in [6, 6.07) is -0.837. The van der Waals surface area contributed by atoms with Crippen molar-refractivity contribution in [2.24, 2.45) is 0 Å². The van der Waals surface area contributed by atoms with Crippen molar-refractivity contribution in [1.82, 2.24) is 20.0 Å². The van der Waals surface area contributed by atoms with Crippen LogP contribution in [0.5, 0.6) is 0 Å². The van der Waals surface area contributed by atoms with Crippen LogP contribution in [-0.4, -0.2) is 82.3 Å². The summed E-state index contributed by atoms with van der Waals surface area (Å²) in [5.41, 5.74) is -0.252. The number of likely N-dealkylation sites (tertiary alicyclic amines) is 2. The smallest absolute Gasteiger partial charge is 0.246 e. The van der Waals surface area contributed by atoms with Crippen molar-refractivity contribution in [2.75, 3.05) is 26.7 Å². The Hall–Kier alpha value is -1.63. The van der Waals surface area contributed by atoms with Gasteiger partial charge in [0.05, 0.1) is 0 Å². The van der Waals surface area contributed by atoms with Gasteiger partial charge in [-0.15, -0.1) is 0 Å². The lowest BCUT2D eigenvalue weighted by Crippen LogP contribution is -2.55. The molecule has 0 radical (unpaired) electrons. The van der Waals surface area contributed by atoms with Crippen molar-refractivity contribution >= 4 is 17.7 Å². The Morgan fingerprint density at radius 2 is 1.50 bits per heavy atom. The summed E-state index contributed by atoms with van der Waals surface area (Å²) < 4.78 is 0. The quantitative estimate of drug-likeness (QED) is 0.713. The highest BCUT2D eigenvalue weighted by molar-refractivity contribution is 5.93. The molecule has 7 heteroatoms. The molecule has 2 atom stereocenters. The number of carbonyl (C=O) groups is 3. The van der Waals surface area contributed by atoms with Crippen molar-refractivity contribution < 1.29 is 14.4 Å². The van der Waals surface area contributed by atoms with Crippen LogP contribution in [0.4, 0.5) is 0 Å². The molecule has 0 aromatic rings. The van der Waals surface area contributed by atoms with Gasteiger partial charge in [0.2, 0.25) is 17.7 Å². The normalized spacial score (nSPS) is 22.7. The largest absolute Gasteiger partial charge is 0.350 e. The summed E-state index contributed by atoms with van der Waals surface area (Å²) >= 11 is 0. The highest BCUT2D eigenvalue weighted by atomic mass is 16.2.